The molecule has 0 saturated carbocycles. The molecule has 0 saturated heterocycles. The smallest absolute Gasteiger partial charge is 0.408 e. The number of hydrogen-bond acceptors (Lipinski definition) is 5. The molecule has 1 aromatic carbocycles. The minimum atomic E-state index is -0.877. The summed E-state index contributed by atoms with van der Waals surface area (Å²) in [5.74, 6) is 0.0999. The lowest BCUT2D eigenvalue weighted by atomic mass is 9.90. The van der Waals surface area contributed by atoms with E-state index in [9.17, 15) is 14.4 Å². The third kappa shape index (κ3) is 10.6. The summed E-state index contributed by atoms with van der Waals surface area (Å²) in [7, 11) is 0. The summed E-state index contributed by atoms with van der Waals surface area (Å²) in [6, 6.07) is 4.25. The monoisotopic (exact) mass is 535 g/mol. The van der Waals surface area contributed by atoms with Crippen LogP contribution >= 0.6 is 11.8 Å². The van der Waals surface area contributed by atoms with Crippen molar-refractivity contribution in [1.82, 2.24) is 15.5 Å². The molecule has 2 unspecified atom stereocenters. The average molecular weight is 536 g/mol. The first-order chi connectivity index (χ1) is 16.8. The lowest BCUT2D eigenvalue weighted by Crippen LogP contribution is -2.60. The highest BCUT2D eigenvalue weighted by Crippen LogP contribution is 2.34. The van der Waals surface area contributed by atoms with Gasteiger partial charge in [0.25, 0.3) is 0 Å². The summed E-state index contributed by atoms with van der Waals surface area (Å²) in [6.45, 7) is 21.0. The number of carbonyl (C=O) groups is 3. The Morgan fingerprint density at radius 3 is 1.95 bits per heavy atom. The number of carbonyl (C=O) groups excluding carboxylic acids is 3. The maximum Gasteiger partial charge on any atom is 0.408 e. The molecule has 210 valence electrons. The molecule has 2 N–H and O–H groups in total. The fourth-order valence-electron chi connectivity index (χ4n) is 4.08. The lowest BCUT2D eigenvalue weighted by Gasteiger charge is -2.45. The van der Waals surface area contributed by atoms with Crippen LogP contribution in [0.2, 0.25) is 0 Å². The maximum atomic E-state index is 14.4. The standard InChI is InChI=1S/C29H49N3O4S/c1-13-29(10,11)32(25(34)22(14-15-37-12)30-26(35)36-28(7,8)9)23(24(33)31-27(4,5)6)21-17-19(2)16-20(3)18-21/h16-18,22-23H,13-15H2,1-12H3,(H,30,35)(H,31,33). The minimum Gasteiger partial charge on any atom is -0.444 e. The largest absolute Gasteiger partial charge is 0.444 e. The van der Waals surface area contributed by atoms with E-state index >= 15 is 0 Å². The molecule has 37 heavy (non-hydrogen) atoms. The second kappa shape index (κ2) is 13.0. The van der Waals surface area contributed by atoms with Gasteiger partial charge in [-0.15, -0.1) is 0 Å². The van der Waals surface area contributed by atoms with Crippen LogP contribution in [0.3, 0.4) is 0 Å². The van der Waals surface area contributed by atoms with Gasteiger partial charge in [0, 0.05) is 11.1 Å². The first-order valence-corrected chi connectivity index (χ1v) is 14.4. The van der Waals surface area contributed by atoms with E-state index in [0.29, 0.717) is 18.6 Å². The molecule has 1 aromatic rings. The first-order valence-electron chi connectivity index (χ1n) is 13.0. The number of hydrogen-bond donors (Lipinski definition) is 2. The van der Waals surface area contributed by atoms with Gasteiger partial charge in [-0.25, -0.2) is 4.79 Å². The molecule has 8 heteroatoms. The Morgan fingerprint density at radius 2 is 1.51 bits per heavy atom. The van der Waals surface area contributed by atoms with Gasteiger partial charge in [0.2, 0.25) is 11.8 Å². The van der Waals surface area contributed by atoms with Crippen LogP contribution in [-0.4, -0.2) is 57.5 Å². The Labute approximate surface area is 228 Å². The number of rotatable bonds is 10. The van der Waals surface area contributed by atoms with Crippen molar-refractivity contribution in [3.63, 3.8) is 0 Å². The van der Waals surface area contributed by atoms with Crippen LogP contribution < -0.4 is 10.6 Å². The quantitative estimate of drug-likeness (QED) is 0.388. The number of nitrogens with zero attached hydrogens (tertiary/aromatic N) is 1. The fraction of sp³-hybridized carbons (Fsp3) is 0.690. The van der Waals surface area contributed by atoms with Gasteiger partial charge in [-0.3, -0.25) is 9.59 Å². The van der Waals surface area contributed by atoms with E-state index in [2.05, 4.69) is 10.6 Å². The summed E-state index contributed by atoms with van der Waals surface area (Å²) in [5.41, 5.74) is 0.893. The molecule has 0 spiro atoms. The van der Waals surface area contributed by atoms with Crippen molar-refractivity contribution in [2.75, 3.05) is 12.0 Å². The summed E-state index contributed by atoms with van der Waals surface area (Å²) in [4.78, 5) is 42.7. The van der Waals surface area contributed by atoms with Gasteiger partial charge in [-0.05, 0) is 99.7 Å². The Balaban J connectivity index is 3.72. The number of alkyl carbamates (subject to hydrolysis) is 1. The Kier molecular flexibility index (Phi) is 11.6. The normalized spacial score (nSPS) is 13.9. The predicted octanol–water partition coefficient (Wildman–Crippen LogP) is 5.92. The van der Waals surface area contributed by atoms with Gasteiger partial charge in [-0.2, -0.15) is 11.8 Å². The number of ether oxygens (including phenoxy) is 1. The molecule has 0 aromatic heterocycles. The summed E-state index contributed by atoms with van der Waals surface area (Å²) < 4.78 is 5.47. The maximum absolute atomic E-state index is 14.4. The number of amides is 3. The van der Waals surface area contributed by atoms with Gasteiger partial charge in [0.1, 0.15) is 17.7 Å². The molecule has 0 aliphatic carbocycles. The summed E-state index contributed by atoms with van der Waals surface area (Å²) >= 11 is 1.59. The molecular formula is C29H49N3O4S. The van der Waals surface area contributed by atoms with Crippen molar-refractivity contribution >= 4 is 29.7 Å². The van der Waals surface area contributed by atoms with Crippen molar-refractivity contribution in [2.24, 2.45) is 0 Å². The fourth-order valence-corrected chi connectivity index (χ4v) is 4.55. The van der Waals surface area contributed by atoms with Crippen LogP contribution in [-0.2, 0) is 14.3 Å². The van der Waals surface area contributed by atoms with Crippen LogP contribution in [0.15, 0.2) is 18.2 Å². The molecule has 0 aliphatic heterocycles. The molecule has 1 rings (SSSR count). The zero-order chi connectivity index (χ0) is 28.8. The van der Waals surface area contributed by atoms with Crippen molar-refractivity contribution in [3.05, 3.63) is 34.9 Å². The third-order valence-electron chi connectivity index (χ3n) is 5.92. The average Bonchev–Trinajstić information content (AvgIpc) is 2.70. The lowest BCUT2D eigenvalue weighted by molar-refractivity contribution is -0.150. The van der Waals surface area contributed by atoms with Crippen LogP contribution in [0.4, 0.5) is 4.79 Å². The van der Waals surface area contributed by atoms with Gasteiger partial charge in [-0.1, -0.05) is 36.2 Å². The highest BCUT2D eigenvalue weighted by Gasteiger charge is 2.43. The van der Waals surface area contributed by atoms with E-state index in [1.807, 2.05) is 79.8 Å². The Bertz CT molecular complexity index is 927. The predicted molar refractivity (Wildman–Crippen MR) is 154 cm³/mol. The zero-order valence-corrected chi connectivity index (χ0v) is 25.8. The second-order valence-corrected chi connectivity index (χ2v) is 13.4. The van der Waals surface area contributed by atoms with Crippen molar-refractivity contribution in [3.8, 4) is 0 Å². The second-order valence-electron chi connectivity index (χ2n) is 12.4. The number of thioether (sulfide) groups is 1. The Morgan fingerprint density at radius 1 is 0.973 bits per heavy atom. The summed E-state index contributed by atoms with van der Waals surface area (Å²) in [5, 5.41) is 5.90. The minimum absolute atomic E-state index is 0.256. The van der Waals surface area contributed by atoms with Crippen LogP contribution in [0.25, 0.3) is 0 Å². The molecule has 0 radical (unpaired) electrons. The van der Waals surface area contributed by atoms with E-state index in [4.69, 9.17) is 4.74 Å². The van der Waals surface area contributed by atoms with Gasteiger partial charge >= 0.3 is 6.09 Å². The van der Waals surface area contributed by atoms with E-state index in [1.54, 1.807) is 37.4 Å². The van der Waals surface area contributed by atoms with Crippen LogP contribution in [0, 0.1) is 13.8 Å². The van der Waals surface area contributed by atoms with Gasteiger partial charge in [0.05, 0.1) is 0 Å². The number of nitrogens with one attached hydrogen (secondary N) is 2. The Hall–Kier alpha value is -2.22. The first kappa shape index (κ1) is 32.8. The molecule has 2 atom stereocenters. The SMILES string of the molecule is CCC(C)(C)N(C(=O)C(CCSC)NC(=O)OC(C)(C)C)C(C(=O)NC(C)(C)C)c1cc(C)cc(C)c1. The van der Waals surface area contributed by atoms with Crippen molar-refractivity contribution in [2.45, 2.75) is 118 Å². The highest BCUT2D eigenvalue weighted by molar-refractivity contribution is 7.98. The molecule has 0 aliphatic rings. The zero-order valence-electron chi connectivity index (χ0n) is 25.0. The molecule has 3 amide bonds. The van der Waals surface area contributed by atoms with E-state index < -0.39 is 34.9 Å². The topological polar surface area (TPSA) is 87.7 Å². The number of benzene rings is 1. The van der Waals surface area contributed by atoms with Gasteiger partial charge < -0.3 is 20.3 Å². The summed E-state index contributed by atoms with van der Waals surface area (Å²) in [6.07, 6.45) is 2.33. The van der Waals surface area contributed by atoms with E-state index in [0.717, 1.165) is 16.7 Å². The molecule has 0 heterocycles. The molecule has 0 bridgehead atoms. The third-order valence-corrected chi connectivity index (χ3v) is 6.56. The van der Waals surface area contributed by atoms with Crippen LogP contribution in [0.5, 0.6) is 0 Å². The van der Waals surface area contributed by atoms with E-state index in [1.165, 1.54) is 0 Å². The van der Waals surface area contributed by atoms with E-state index in [-0.39, 0.29) is 11.8 Å². The molecule has 7 nitrogen and oxygen atoms in total. The van der Waals surface area contributed by atoms with Crippen LogP contribution in [0.1, 0.15) is 97.9 Å². The van der Waals surface area contributed by atoms with Gasteiger partial charge in [0.15, 0.2) is 0 Å². The number of aryl methyl sites for hydroxylation is 2. The highest BCUT2D eigenvalue weighted by atomic mass is 32.2. The molecule has 0 fully saturated rings. The van der Waals surface area contributed by atoms with Crippen molar-refractivity contribution in [1.29, 1.82) is 0 Å². The molecular weight excluding hydrogens is 486 g/mol. The van der Waals surface area contributed by atoms with Crippen molar-refractivity contribution < 1.29 is 19.1 Å².